The molecule has 1 atom stereocenters. The second-order valence-corrected chi connectivity index (χ2v) is 4.73. The van der Waals surface area contributed by atoms with Gasteiger partial charge >= 0.3 is 6.09 Å². The number of carbonyl (C=O) groups is 1. The Morgan fingerprint density at radius 3 is 2.28 bits per heavy atom. The van der Waals surface area contributed by atoms with Crippen molar-refractivity contribution in [1.29, 1.82) is 0 Å². The van der Waals surface area contributed by atoms with Gasteiger partial charge in [-0.15, -0.1) is 0 Å². The molecule has 0 aromatic carbocycles. The van der Waals surface area contributed by atoms with Crippen LogP contribution in [-0.2, 0) is 4.74 Å². The van der Waals surface area contributed by atoms with Crippen molar-refractivity contribution in [2.75, 3.05) is 26.7 Å². The third-order valence-electron chi connectivity index (χ3n) is 3.30. The lowest BCUT2D eigenvalue weighted by atomic mass is 9.95. The fourth-order valence-corrected chi connectivity index (χ4v) is 1.81. The number of amides is 1. The Morgan fingerprint density at radius 2 is 1.89 bits per heavy atom. The maximum absolute atomic E-state index is 11.3. The summed E-state index contributed by atoms with van der Waals surface area (Å²) >= 11 is 0. The molecular formula is C14H28N2O2. The number of hydrogen-bond donors (Lipinski definition) is 1. The zero-order valence-corrected chi connectivity index (χ0v) is 12.5. The predicted molar refractivity (Wildman–Crippen MR) is 75.7 cm³/mol. The van der Waals surface area contributed by atoms with E-state index in [9.17, 15) is 4.79 Å². The van der Waals surface area contributed by atoms with Crippen molar-refractivity contribution < 1.29 is 9.53 Å². The Kier molecular flexibility index (Phi) is 8.46. The van der Waals surface area contributed by atoms with Crippen LogP contribution in [-0.4, -0.2) is 43.8 Å². The van der Waals surface area contributed by atoms with E-state index in [-0.39, 0.29) is 12.1 Å². The van der Waals surface area contributed by atoms with Crippen LogP contribution in [0.4, 0.5) is 4.79 Å². The molecule has 0 unspecified atom stereocenters. The molecule has 0 aliphatic carbocycles. The maximum Gasteiger partial charge on any atom is 0.407 e. The van der Waals surface area contributed by atoms with Crippen molar-refractivity contribution in [2.24, 2.45) is 5.92 Å². The lowest BCUT2D eigenvalue weighted by Gasteiger charge is -2.26. The third-order valence-corrected chi connectivity index (χ3v) is 3.30. The number of hydrogen-bond acceptors (Lipinski definition) is 3. The van der Waals surface area contributed by atoms with E-state index < -0.39 is 0 Å². The van der Waals surface area contributed by atoms with Gasteiger partial charge in [-0.25, -0.2) is 4.79 Å². The number of carbonyl (C=O) groups excluding carboxylic acids is 1. The van der Waals surface area contributed by atoms with Gasteiger partial charge in [0.25, 0.3) is 0 Å². The summed E-state index contributed by atoms with van der Waals surface area (Å²) in [5.41, 5.74) is 1.05. The predicted octanol–water partition coefficient (Wildman–Crippen LogP) is 2.66. The third kappa shape index (κ3) is 6.05. The number of ether oxygens (including phenoxy) is 1. The highest BCUT2D eigenvalue weighted by atomic mass is 16.5. The van der Waals surface area contributed by atoms with E-state index in [0.29, 0.717) is 5.92 Å². The van der Waals surface area contributed by atoms with Gasteiger partial charge in [-0.05, 0) is 25.4 Å². The Bertz CT molecular complexity index is 261. The summed E-state index contributed by atoms with van der Waals surface area (Å²) in [6.45, 7) is 15.5. The molecule has 0 radical (unpaired) electrons. The highest BCUT2D eigenvalue weighted by Gasteiger charge is 2.18. The molecule has 106 valence electrons. The van der Waals surface area contributed by atoms with Crippen LogP contribution >= 0.6 is 0 Å². The van der Waals surface area contributed by atoms with Crippen LogP contribution in [0.3, 0.4) is 0 Å². The summed E-state index contributed by atoms with van der Waals surface area (Å²) in [5.74, 6) is 0.351. The zero-order valence-electron chi connectivity index (χ0n) is 12.5. The van der Waals surface area contributed by atoms with E-state index in [1.807, 2.05) is 0 Å². The molecule has 0 fully saturated rings. The zero-order chi connectivity index (χ0) is 14.1. The fraction of sp³-hybridized carbons (Fsp3) is 0.786. The number of methoxy groups -OCH3 is 1. The number of nitrogens with zero attached hydrogens (tertiary/aromatic N) is 1. The van der Waals surface area contributed by atoms with Gasteiger partial charge in [0.15, 0.2) is 0 Å². The van der Waals surface area contributed by atoms with Crippen molar-refractivity contribution in [1.82, 2.24) is 10.2 Å². The molecular weight excluding hydrogens is 228 g/mol. The average Bonchev–Trinajstić information content (AvgIpc) is 2.37. The Hall–Kier alpha value is -1.03. The van der Waals surface area contributed by atoms with Gasteiger partial charge in [-0.1, -0.05) is 39.8 Å². The smallest absolute Gasteiger partial charge is 0.407 e. The Labute approximate surface area is 111 Å². The first kappa shape index (κ1) is 17.0. The van der Waals surface area contributed by atoms with Crippen LogP contribution in [0.1, 0.15) is 34.1 Å². The molecule has 18 heavy (non-hydrogen) atoms. The van der Waals surface area contributed by atoms with Crippen LogP contribution in [0.25, 0.3) is 0 Å². The first-order valence-corrected chi connectivity index (χ1v) is 6.71. The molecule has 0 rings (SSSR count). The van der Waals surface area contributed by atoms with Crippen molar-refractivity contribution in [2.45, 2.75) is 40.2 Å². The second-order valence-electron chi connectivity index (χ2n) is 4.73. The molecule has 0 saturated carbocycles. The summed E-state index contributed by atoms with van der Waals surface area (Å²) in [7, 11) is 1.38. The highest BCUT2D eigenvalue weighted by Crippen LogP contribution is 2.15. The molecule has 0 aliphatic heterocycles. The number of alkyl carbamates (subject to hydrolysis) is 1. The van der Waals surface area contributed by atoms with Gasteiger partial charge in [0.2, 0.25) is 0 Å². The van der Waals surface area contributed by atoms with E-state index in [0.717, 1.165) is 31.6 Å². The standard InChI is InChI=1S/C14H28N2O2/c1-7-16(8-2)10-9-13(12(5)11(3)4)15-14(17)18-6/h11,13H,5,7-10H2,1-4,6H3,(H,15,17)/t13-/m0/s1. The van der Waals surface area contributed by atoms with Gasteiger partial charge in [0.05, 0.1) is 13.2 Å². The molecule has 1 amide bonds. The van der Waals surface area contributed by atoms with Crippen molar-refractivity contribution >= 4 is 6.09 Å². The van der Waals surface area contributed by atoms with Crippen LogP contribution in [0.5, 0.6) is 0 Å². The highest BCUT2D eigenvalue weighted by molar-refractivity contribution is 5.67. The summed E-state index contributed by atoms with van der Waals surface area (Å²) < 4.78 is 4.67. The van der Waals surface area contributed by atoms with Crippen LogP contribution < -0.4 is 5.32 Å². The minimum Gasteiger partial charge on any atom is -0.453 e. The van der Waals surface area contributed by atoms with Crippen LogP contribution in [0.15, 0.2) is 12.2 Å². The van der Waals surface area contributed by atoms with Crippen molar-refractivity contribution in [3.8, 4) is 0 Å². The molecule has 0 saturated heterocycles. The largest absolute Gasteiger partial charge is 0.453 e. The van der Waals surface area contributed by atoms with Gasteiger partial charge in [0.1, 0.15) is 0 Å². The second kappa shape index (κ2) is 8.97. The molecule has 1 N–H and O–H groups in total. The molecule has 0 bridgehead atoms. The normalized spacial score (nSPS) is 12.6. The van der Waals surface area contributed by atoms with E-state index in [4.69, 9.17) is 0 Å². The van der Waals surface area contributed by atoms with Crippen molar-refractivity contribution in [3.05, 3.63) is 12.2 Å². The molecule has 4 nitrogen and oxygen atoms in total. The Morgan fingerprint density at radius 1 is 1.33 bits per heavy atom. The van der Waals surface area contributed by atoms with E-state index in [2.05, 4.69) is 49.2 Å². The topological polar surface area (TPSA) is 41.6 Å². The SMILES string of the molecule is C=C(C(C)C)[C@H](CCN(CC)CC)NC(=O)OC. The Balaban J connectivity index is 4.47. The number of nitrogens with one attached hydrogen (secondary N) is 1. The molecule has 4 heteroatoms. The maximum atomic E-state index is 11.3. The molecule has 0 spiro atoms. The van der Waals surface area contributed by atoms with Crippen molar-refractivity contribution in [3.63, 3.8) is 0 Å². The minimum absolute atomic E-state index is 0.0157. The van der Waals surface area contributed by atoms with E-state index in [1.54, 1.807) is 0 Å². The monoisotopic (exact) mass is 256 g/mol. The quantitative estimate of drug-likeness (QED) is 0.679. The van der Waals surface area contributed by atoms with Gasteiger partial charge < -0.3 is 15.0 Å². The average molecular weight is 256 g/mol. The van der Waals surface area contributed by atoms with Gasteiger partial charge in [-0.2, -0.15) is 0 Å². The summed E-state index contributed by atoms with van der Waals surface area (Å²) in [4.78, 5) is 13.7. The number of rotatable bonds is 8. The lowest BCUT2D eigenvalue weighted by Crippen LogP contribution is -2.40. The van der Waals surface area contributed by atoms with Crippen LogP contribution in [0, 0.1) is 5.92 Å². The lowest BCUT2D eigenvalue weighted by molar-refractivity contribution is 0.166. The first-order valence-electron chi connectivity index (χ1n) is 6.71. The van der Waals surface area contributed by atoms with Gasteiger partial charge in [0, 0.05) is 6.54 Å². The van der Waals surface area contributed by atoms with E-state index in [1.165, 1.54) is 7.11 Å². The molecule has 0 aromatic heterocycles. The molecule has 0 aliphatic rings. The first-order chi connectivity index (χ1) is 8.46. The molecule has 0 aromatic rings. The fourth-order valence-electron chi connectivity index (χ4n) is 1.81. The van der Waals surface area contributed by atoms with E-state index >= 15 is 0 Å². The summed E-state index contributed by atoms with van der Waals surface area (Å²) in [5, 5.41) is 2.86. The van der Waals surface area contributed by atoms with Gasteiger partial charge in [-0.3, -0.25) is 0 Å². The summed E-state index contributed by atoms with van der Waals surface area (Å²) in [6.07, 6.45) is 0.481. The van der Waals surface area contributed by atoms with Crippen LogP contribution in [0.2, 0.25) is 0 Å². The minimum atomic E-state index is -0.388. The summed E-state index contributed by atoms with van der Waals surface area (Å²) in [6, 6.07) is -0.0157. The molecule has 0 heterocycles.